The fourth-order valence-electron chi connectivity index (χ4n) is 2.85. The van der Waals surface area contributed by atoms with Gasteiger partial charge in [-0.3, -0.25) is 0 Å². The Hall–Kier alpha value is -1.13. The van der Waals surface area contributed by atoms with Gasteiger partial charge in [0.15, 0.2) is 0 Å². The number of hydrogen-bond acceptors (Lipinski definition) is 3. The van der Waals surface area contributed by atoms with Crippen LogP contribution in [0.1, 0.15) is 37.7 Å². The summed E-state index contributed by atoms with van der Waals surface area (Å²) < 4.78 is 19.3. The Morgan fingerprint density at radius 2 is 2.05 bits per heavy atom. The minimum atomic E-state index is -0.188. The highest BCUT2D eigenvalue weighted by molar-refractivity contribution is 5.34. The van der Waals surface area contributed by atoms with E-state index in [1.165, 1.54) is 44.8 Å². The summed E-state index contributed by atoms with van der Waals surface area (Å²) in [6.07, 6.45) is 6.17. The summed E-state index contributed by atoms with van der Waals surface area (Å²) in [4.78, 5) is 2.49. The molecule has 1 aromatic carbocycles. The van der Waals surface area contributed by atoms with Gasteiger partial charge in [-0.15, -0.1) is 0 Å². The van der Waals surface area contributed by atoms with Crippen LogP contribution in [0.5, 0.6) is 5.75 Å². The van der Waals surface area contributed by atoms with Crippen molar-refractivity contribution in [2.75, 3.05) is 26.2 Å². The van der Waals surface area contributed by atoms with E-state index in [0.717, 1.165) is 24.3 Å². The highest BCUT2D eigenvalue weighted by Gasteiger charge is 2.20. The summed E-state index contributed by atoms with van der Waals surface area (Å²) in [6.45, 7) is 4.97. The molecule has 116 valence electrons. The Labute approximate surface area is 126 Å². The third-order valence-electron chi connectivity index (χ3n) is 4.26. The Morgan fingerprint density at radius 1 is 1.24 bits per heavy atom. The molecule has 1 aliphatic carbocycles. The molecule has 2 aliphatic rings. The van der Waals surface area contributed by atoms with Gasteiger partial charge in [0.2, 0.25) is 0 Å². The minimum Gasteiger partial charge on any atom is -0.493 e. The first-order valence-corrected chi connectivity index (χ1v) is 8.18. The van der Waals surface area contributed by atoms with E-state index in [1.807, 2.05) is 0 Å². The highest BCUT2D eigenvalue weighted by Crippen LogP contribution is 2.23. The minimum absolute atomic E-state index is 0.188. The number of nitrogens with zero attached hydrogens (tertiary/aromatic N) is 1. The fourth-order valence-corrected chi connectivity index (χ4v) is 2.85. The van der Waals surface area contributed by atoms with Crippen molar-refractivity contribution in [3.63, 3.8) is 0 Å². The third-order valence-corrected chi connectivity index (χ3v) is 4.26. The van der Waals surface area contributed by atoms with E-state index < -0.39 is 0 Å². The van der Waals surface area contributed by atoms with Crippen LogP contribution < -0.4 is 10.1 Å². The van der Waals surface area contributed by atoms with E-state index in [1.54, 1.807) is 12.1 Å². The zero-order valence-electron chi connectivity index (χ0n) is 12.6. The molecule has 0 aromatic heterocycles. The van der Waals surface area contributed by atoms with Crippen molar-refractivity contribution in [1.82, 2.24) is 10.2 Å². The average Bonchev–Trinajstić information content (AvgIpc) is 3.17. The summed E-state index contributed by atoms with van der Waals surface area (Å²) in [5.41, 5.74) is 0.933. The zero-order chi connectivity index (χ0) is 14.5. The molecule has 1 aliphatic heterocycles. The first-order chi connectivity index (χ1) is 10.3. The van der Waals surface area contributed by atoms with Gasteiger partial charge in [0.05, 0.1) is 6.61 Å². The number of halogens is 1. The summed E-state index contributed by atoms with van der Waals surface area (Å²) >= 11 is 0. The molecule has 1 N–H and O–H groups in total. The van der Waals surface area contributed by atoms with Crippen LogP contribution >= 0.6 is 0 Å². The smallest absolute Gasteiger partial charge is 0.123 e. The molecule has 0 bridgehead atoms. The normalized spacial score (nSPS) is 19.1. The van der Waals surface area contributed by atoms with Crippen molar-refractivity contribution in [2.45, 2.75) is 44.7 Å². The van der Waals surface area contributed by atoms with Crippen LogP contribution in [0, 0.1) is 5.82 Å². The van der Waals surface area contributed by atoms with Crippen molar-refractivity contribution in [3.05, 3.63) is 29.6 Å². The average molecular weight is 292 g/mol. The van der Waals surface area contributed by atoms with Gasteiger partial charge in [0.1, 0.15) is 11.6 Å². The Bertz CT molecular complexity index is 456. The number of nitrogens with one attached hydrogen (secondary N) is 1. The molecule has 1 aromatic rings. The third kappa shape index (κ3) is 4.68. The van der Waals surface area contributed by atoms with Crippen molar-refractivity contribution in [2.24, 2.45) is 0 Å². The van der Waals surface area contributed by atoms with Gasteiger partial charge < -0.3 is 15.0 Å². The Morgan fingerprint density at radius 3 is 2.81 bits per heavy atom. The second-order valence-corrected chi connectivity index (χ2v) is 6.16. The van der Waals surface area contributed by atoms with Gasteiger partial charge >= 0.3 is 0 Å². The second-order valence-electron chi connectivity index (χ2n) is 6.16. The van der Waals surface area contributed by atoms with Gasteiger partial charge in [-0.1, -0.05) is 0 Å². The molecule has 0 unspecified atom stereocenters. The highest BCUT2D eigenvalue weighted by atomic mass is 19.1. The molecule has 0 radical (unpaired) electrons. The van der Waals surface area contributed by atoms with E-state index in [9.17, 15) is 4.39 Å². The van der Waals surface area contributed by atoms with Crippen LogP contribution in [0.15, 0.2) is 18.2 Å². The molecule has 1 saturated heterocycles. The lowest BCUT2D eigenvalue weighted by atomic mass is 10.2. The molecule has 3 nitrogen and oxygen atoms in total. The van der Waals surface area contributed by atoms with Crippen molar-refractivity contribution < 1.29 is 9.13 Å². The summed E-state index contributed by atoms with van der Waals surface area (Å²) in [6, 6.07) is 5.45. The van der Waals surface area contributed by atoms with E-state index in [-0.39, 0.29) is 5.82 Å². The molecule has 0 atom stereocenters. The molecule has 1 saturated carbocycles. The van der Waals surface area contributed by atoms with Crippen LogP contribution in [-0.2, 0) is 6.54 Å². The lowest BCUT2D eigenvalue weighted by molar-refractivity contribution is 0.261. The van der Waals surface area contributed by atoms with Crippen LogP contribution in [-0.4, -0.2) is 37.2 Å². The quantitative estimate of drug-likeness (QED) is 0.746. The molecule has 1 heterocycles. The summed E-state index contributed by atoms with van der Waals surface area (Å²) in [5, 5.41) is 3.42. The Balaban J connectivity index is 1.46. The van der Waals surface area contributed by atoms with E-state index in [4.69, 9.17) is 4.74 Å². The first kappa shape index (κ1) is 14.8. The van der Waals surface area contributed by atoms with Crippen molar-refractivity contribution >= 4 is 0 Å². The predicted molar refractivity (Wildman–Crippen MR) is 82.0 cm³/mol. The van der Waals surface area contributed by atoms with E-state index in [0.29, 0.717) is 19.2 Å². The fraction of sp³-hybridized carbons (Fsp3) is 0.647. The predicted octanol–water partition coefficient (Wildman–Crippen LogP) is 2.94. The van der Waals surface area contributed by atoms with Gasteiger partial charge in [-0.2, -0.15) is 0 Å². The monoisotopic (exact) mass is 292 g/mol. The molecule has 0 amide bonds. The molecule has 3 rings (SSSR count). The molecule has 2 fully saturated rings. The van der Waals surface area contributed by atoms with Gasteiger partial charge in [-0.25, -0.2) is 4.39 Å². The molecular formula is C17H25FN2O. The van der Waals surface area contributed by atoms with Crippen LogP contribution in [0.25, 0.3) is 0 Å². The summed E-state index contributed by atoms with van der Waals surface area (Å²) in [7, 11) is 0. The number of likely N-dealkylation sites (tertiary alicyclic amines) is 1. The van der Waals surface area contributed by atoms with Gasteiger partial charge in [-0.05, 0) is 63.4 Å². The molecule has 21 heavy (non-hydrogen) atoms. The molecule has 4 heteroatoms. The number of rotatable bonds is 8. The number of ether oxygens (including phenoxy) is 1. The molecular weight excluding hydrogens is 267 g/mol. The first-order valence-electron chi connectivity index (χ1n) is 8.18. The maximum atomic E-state index is 13.4. The standard InChI is InChI=1S/C17H25FN2O/c18-15-4-7-17(14(12-15)13-19-16-5-6-16)21-11-3-10-20-8-1-2-9-20/h4,7,12,16,19H,1-3,5-6,8-11,13H2. The zero-order valence-corrected chi connectivity index (χ0v) is 12.6. The van der Waals surface area contributed by atoms with E-state index in [2.05, 4.69) is 10.2 Å². The Kier molecular flexibility index (Phi) is 5.09. The van der Waals surface area contributed by atoms with Crippen molar-refractivity contribution in [1.29, 1.82) is 0 Å². The maximum absolute atomic E-state index is 13.4. The lowest BCUT2D eigenvalue weighted by Crippen LogP contribution is -2.22. The molecule has 0 spiro atoms. The second kappa shape index (κ2) is 7.23. The van der Waals surface area contributed by atoms with Crippen molar-refractivity contribution in [3.8, 4) is 5.75 Å². The van der Waals surface area contributed by atoms with Crippen LogP contribution in [0.4, 0.5) is 4.39 Å². The SMILES string of the molecule is Fc1ccc(OCCCN2CCCC2)c(CNC2CC2)c1. The van der Waals surface area contributed by atoms with E-state index >= 15 is 0 Å². The summed E-state index contributed by atoms with van der Waals surface area (Å²) in [5.74, 6) is 0.637. The number of benzene rings is 1. The van der Waals surface area contributed by atoms with Crippen LogP contribution in [0.3, 0.4) is 0 Å². The lowest BCUT2D eigenvalue weighted by Gasteiger charge is -2.16. The van der Waals surface area contributed by atoms with Gasteiger partial charge in [0, 0.05) is 24.7 Å². The van der Waals surface area contributed by atoms with Crippen LogP contribution in [0.2, 0.25) is 0 Å². The van der Waals surface area contributed by atoms with Gasteiger partial charge in [0.25, 0.3) is 0 Å². The topological polar surface area (TPSA) is 24.5 Å². The number of hydrogen-bond donors (Lipinski definition) is 1. The largest absolute Gasteiger partial charge is 0.493 e. The maximum Gasteiger partial charge on any atom is 0.123 e.